The molecule has 88 valence electrons. The molecule has 16 heavy (non-hydrogen) atoms. The first-order valence-electron chi connectivity index (χ1n) is 4.79. The summed E-state index contributed by atoms with van der Waals surface area (Å²) in [5.74, 6) is 0.908. The van der Waals surface area contributed by atoms with Crippen molar-refractivity contribution in [1.29, 1.82) is 0 Å². The first-order valence-corrected chi connectivity index (χ1v) is 5.58. The van der Waals surface area contributed by atoms with Crippen LogP contribution in [0, 0.1) is 0 Å². The number of ether oxygens (including phenoxy) is 2. The molecule has 0 aliphatic carbocycles. The van der Waals surface area contributed by atoms with Crippen LogP contribution in [0.5, 0.6) is 11.5 Å². The van der Waals surface area contributed by atoms with Crippen molar-refractivity contribution < 1.29 is 14.3 Å². The van der Waals surface area contributed by atoms with Crippen molar-refractivity contribution in [2.45, 2.75) is 6.42 Å². The summed E-state index contributed by atoms with van der Waals surface area (Å²) in [6.45, 7) is 0.320. The van der Waals surface area contributed by atoms with Gasteiger partial charge >= 0.3 is 0 Å². The van der Waals surface area contributed by atoms with Crippen LogP contribution in [0.4, 0.5) is 0 Å². The Morgan fingerprint density at radius 2 is 1.94 bits per heavy atom. The van der Waals surface area contributed by atoms with Crippen molar-refractivity contribution in [3.8, 4) is 11.5 Å². The number of Topliss-reactive ketones (excluding diaryl/α,β-unsaturated/α-hetero) is 1. The molecule has 0 amide bonds. The summed E-state index contributed by atoms with van der Waals surface area (Å²) in [5.41, 5.74) is 5.85. The average molecular weight is 288 g/mol. The van der Waals surface area contributed by atoms with Gasteiger partial charge in [-0.1, -0.05) is 0 Å². The number of benzene rings is 1. The molecule has 0 unspecified atom stereocenters. The van der Waals surface area contributed by atoms with Crippen LogP contribution in [0.1, 0.15) is 16.8 Å². The van der Waals surface area contributed by atoms with Crippen LogP contribution in [0.15, 0.2) is 16.6 Å². The summed E-state index contributed by atoms with van der Waals surface area (Å²) >= 11 is 3.33. The van der Waals surface area contributed by atoms with Gasteiger partial charge in [0.25, 0.3) is 0 Å². The Morgan fingerprint density at radius 3 is 2.44 bits per heavy atom. The number of methoxy groups -OCH3 is 2. The summed E-state index contributed by atoms with van der Waals surface area (Å²) in [7, 11) is 3.03. The molecule has 5 heteroatoms. The van der Waals surface area contributed by atoms with Gasteiger partial charge in [0.15, 0.2) is 17.3 Å². The Bertz CT molecular complexity index is 393. The molecule has 0 bridgehead atoms. The summed E-state index contributed by atoms with van der Waals surface area (Å²) in [6.07, 6.45) is 0.293. The van der Waals surface area contributed by atoms with E-state index in [9.17, 15) is 4.79 Å². The van der Waals surface area contributed by atoms with E-state index in [1.807, 2.05) is 0 Å². The summed E-state index contributed by atoms with van der Waals surface area (Å²) in [5, 5.41) is 0. The number of hydrogen-bond donors (Lipinski definition) is 1. The lowest BCUT2D eigenvalue weighted by Crippen LogP contribution is -2.10. The number of hydrogen-bond acceptors (Lipinski definition) is 4. The molecular weight excluding hydrogens is 274 g/mol. The van der Waals surface area contributed by atoms with Gasteiger partial charge in [-0.15, -0.1) is 0 Å². The molecule has 2 N–H and O–H groups in total. The zero-order valence-electron chi connectivity index (χ0n) is 9.25. The Balaban J connectivity index is 3.24. The molecule has 0 heterocycles. The number of rotatable bonds is 5. The van der Waals surface area contributed by atoms with Crippen molar-refractivity contribution in [3.63, 3.8) is 0 Å². The lowest BCUT2D eigenvalue weighted by Gasteiger charge is -2.13. The minimum absolute atomic E-state index is 0.0508. The van der Waals surface area contributed by atoms with E-state index in [0.29, 0.717) is 30.0 Å². The Kier molecular flexibility index (Phi) is 4.76. The predicted octanol–water partition coefficient (Wildman–Crippen LogP) is 2.00. The second-order valence-corrected chi connectivity index (χ2v) is 3.98. The van der Waals surface area contributed by atoms with Gasteiger partial charge in [0.2, 0.25) is 0 Å². The van der Waals surface area contributed by atoms with Crippen LogP contribution in [-0.2, 0) is 0 Å². The van der Waals surface area contributed by atoms with E-state index in [1.165, 1.54) is 14.2 Å². The Labute approximate surface area is 103 Å². The first-order chi connectivity index (χ1) is 7.65. The Hall–Kier alpha value is -1.07. The zero-order valence-corrected chi connectivity index (χ0v) is 10.8. The number of nitrogens with two attached hydrogens (primary N) is 1. The second kappa shape index (κ2) is 5.86. The highest BCUT2D eigenvalue weighted by molar-refractivity contribution is 9.10. The average Bonchev–Trinajstić information content (AvgIpc) is 2.28. The van der Waals surface area contributed by atoms with Gasteiger partial charge in [-0.05, 0) is 34.6 Å². The fourth-order valence-corrected chi connectivity index (χ4v) is 1.89. The van der Waals surface area contributed by atoms with E-state index in [1.54, 1.807) is 12.1 Å². The molecule has 4 nitrogen and oxygen atoms in total. The molecule has 0 aromatic heterocycles. The predicted molar refractivity (Wildman–Crippen MR) is 65.2 cm³/mol. The van der Waals surface area contributed by atoms with Crippen LogP contribution in [0.3, 0.4) is 0 Å². The molecule has 0 saturated heterocycles. The first kappa shape index (κ1) is 13.0. The molecule has 0 radical (unpaired) electrons. The Morgan fingerprint density at radius 1 is 1.31 bits per heavy atom. The summed E-state index contributed by atoms with van der Waals surface area (Å²) < 4.78 is 11.1. The monoisotopic (exact) mass is 287 g/mol. The smallest absolute Gasteiger partial charge is 0.175 e. The molecular formula is C11H14BrNO3. The molecule has 0 aliphatic heterocycles. The molecule has 0 atom stereocenters. The lowest BCUT2D eigenvalue weighted by molar-refractivity contribution is 0.0982. The summed E-state index contributed by atoms with van der Waals surface area (Å²) in [4.78, 5) is 11.8. The normalized spacial score (nSPS) is 10.0. The van der Waals surface area contributed by atoms with E-state index >= 15 is 0 Å². The highest BCUT2D eigenvalue weighted by Crippen LogP contribution is 2.38. The fraction of sp³-hybridized carbons (Fsp3) is 0.364. The maximum atomic E-state index is 11.8. The number of carbonyl (C=O) groups is 1. The number of ketones is 1. The van der Waals surface area contributed by atoms with Crippen LogP contribution >= 0.6 is 15.9 Å². The quantitative estimate of drug-likeness (QED) is 0.842. The van der Waals surface area contributed by atoms with E-state index in [2.05, 4.69) is 15.9 Å². The van der Waals surface area contributed by atoms with Crippen LogP contribution in [0.25, 0.3) is 0 Å². The maximum Gasteiger partial charge on any atom is 0.175 e. The van der Waals surface area contributed by atoms with Gasteiger partial charge in [0.1, 0.15) is 0 Å². The SMILES string of the molecule is COc1c(Br)ccc(C(=O)CCN)c1OC. The number of carbonyl (C=O) groups excluding carboxylic acids is 1. The molecule has 0 spiro atoms. The van der Waals surface area contributed by atoms with E-state index in [0.717, 1.165) is 4.47 Å². The third-order valence-corrected chi connectivity index (χ3v) is 2.77. The third-order valence-electron chi connectivity index (χ3n) is 2.14. The maximum absolute atomic E-state index is 11.8. The minimum atomic E-state index is -0.0508. The second-order valence-electron chi connectivity index (χ2n) is 3.12. The molecule has 0 fully saturated rings. The third kappa shape index (κ3) is 2.54. The number of halogens is 1. The highest BCUT2D eigenvalue weighted by atomic mass is 79.9. The van der Waals surface area contributed by atoms with E-state index in [-0.39, 0.29) is 5.78 Å². The molecule has 1 aromatic rings. The van der Waals surface area contributed by atoms with Crippen molar-refractivity contribution >= 4 is 21.7 Å². The van der Waals surface area contributed by atoms with Gasteiger partial charge in [-0.2, -0.15) is 0 Å². The van der Waals surface area contributed by atoms with Crippen molar-refractivity contribution in [3.05, 3.63) is 22.2 Å². The van der Waals surface area contributed by atoms with Crippen molar-refractivity contribution in [2.75, 3.05) is 20.8 Å². The highest BCUT2D eigenvalue weighted by Gasteiger charge is 2.18. The van der Waals surface area contributed by atoms with Gasteiger partial charge in [-0.25, -0.2) is 0 Å². The minimum Gasteiger partial charge on any atom is -0.492 e. The molecule has 0 aliphatic rings. The van der Waals surface area contributed by atoms with Gasteiger partial charge in [0.05, 0.1) is 24.3 Å². The van der Waals surface area contributed by atoms with E-state index in [4.69, 9.17) is 15.2 Å². The van der Waals surface area contributed by atoms with Crippen LogP contribution < -0.4 is 15.2 Å². The van der Waals surface area contributed by atoms with E-state index < -0.39 is 0 Å². The standard InChI is InChI=1S/C11H14BrNO3/c1-15-10-7(9(14)5-6-13)3-4-8(12)11(10)16-2/h3-4H,5-6,13H2,1-2H3. The van der Waals surface area contributed by atoms with Crippen molar-refractivity contribution in [2.24, 2.45) is 5.73 Å². The topological polar surface area (TPSA) is 61.5 Å². The van der Waals surface area contributed by atoms with Gasteiger partial charge < -0.3 is 15.2 Å². The van der Waals surface area contributed by atoms with Crippen LogP contribution in [0.2, 0.25) is 0 Å². The van der Waals surface area contributed by atoms with Crippen LogP contribution in [-0.4, -0.2) is 26.5 Å². The molecule has 0 saturated carbocycles. The van der Waals surface area contributed by atoms with Crippen molar-refractivity contribution in [1.82, 2.24) is 0 Å². The largest absolute Gasteiger partial charge is 0.492 e. The van der Waals surface area contributed by atoms with Gasteiger partial charge in [0, 0.05) is 6.42 Å². The zero-order chi connectivity index (χ0) is 12.1. The summed E-state index contributed by atoms with van der Waals surface area (Å²) in [6, 6.07) is 3.45. The van der Waals surface area contributed by atoms with Gasteiger partial charge in [-0.3, -0.25) is 4.79 Å². The molecule has 1 aromatic carbocycles. The molecule has 1 rings (SSSR count). The fourth-order valence-electron chi connectivity index (χ4n) is 1.42. The lowest BCUT2D eigenvalue weighted by atomic mass is 10.1.